The number of nitrogens with zero attached hydrogens (tertiary/aromatic N) is 2. The van der Waals surface area contributed by atoms with E-state index in [4.69, 9.17) is 39.8 Å². The van der Waals surface area contributed by atoms with E-state index in [1.165, 1.54) is 48.6 Å². The average Bonchev–Trinajstić information content (AvgIpc) is 1.67. The first kappa shape index (κ1) is 107. The first-order chi connectivity index (χ1) is 60.6. The van der Waals surface area contributed by atoms with Gasteiger partial charge in [0.15, 0.2) is 5.96 Å². The molecule has 4 rings (SSSR count). The van der Waals surface area contributed by atoms with Crippen molar-refractivity contribution in [1.82, 2.24) is 99.9 Å². The lowest BCUT2D eigenvalue weighted by molar-refractivity contribution is -0.142. The van der Waals surface area contributed by atoms with Gasteiger partial charge >= 0.3 is 5.97 Å². The van der Waals surface area contributed by atoms with Gasteiger partial charge in [-0.2, -0.15) is 0 Å². The smallest absolute Gasteiger partial charge is 0.322 e. The van der Waals surface area contributed by atoms with Crippen LogP contribution in [-0.2, 0) is 110 Å². The minimum Gasteiger partial charge on any atom is -0.508 e. The van der Waals surface area contributed by atoms with E-state index in [0.29, 0.717) is 43.4 Å². The molecule has 0 unspecified atom stereocenters. The number of aliphatic carboxylic acids is 1. The van der Waals surface area contributed by atoms with Gasteiger partial charge in [0.05, 0.1) is 44.5 Å². The summed E-state index contributed by atoms with van der Waals surface area (Å²) < 4.78 is 0. The van der Waals surface area contributed by atoms with Crippen LogP contribution in [0.3, 0.4) is 0 Å². The Bertz CT molecular complexity index is 4280. The summed E-state index contributed by atoms with van der Waals surface area (Å²) in [4.78, 5) is 266. The minimum absolute atomic E-state index is 0.0201. The molecule has 706 valence electrons. The van der Waals surface area contributed by atoms with Gasteiger partial charge in [-0.05, 0) is 134 Å². The molecule has 3 aromatic rings. The molecule has 0 radical (unpaired) electrons. The Labute approximate surface area is 737 Å². The number of hydrogen-bond donors (Lipinski definition) is 27. The second-order valence-electron chi connectivity index (χ2n) is 30.8. The summed E-state index contributed by atoms with van der Waals surface area (Å²) in [5.41, 5.74) is 35.0. The number of phenolic OH excluding ortho intramolecular Hbond substituents is 1. The lowest BCUT2D eigenvalue weighted by Crippen LogP contribution is -2.61. The van der Waals surface area contributed by atoms with E-state index in [2.05, 4.69) is 95.0 Å². The number of guanidine groups is 1. The zero-order valence-electron chi connectivity index (χ0n) is 72.1. The fourth-order valence-corrected chi connectivity index (χ4v) is 13.0. The number of nitrogens with two attached hydrogens (primary N) is 6. The Balaban J connectivity index is 1.45. The Hall–Kier alpha value is -13.5. The topological polar surface area (TPSA) is 789 Å². The molecule has 0 aliphatic carbocycles. The van der Waals surface area contributed by atoms with Crippen molar-refractivity contribution in [1.29, 1.82) is 5.41 Å². The van der Waals surface area contributed by atoms with Gasteiger partial charge in [-0.1, -0.05) is 62.7 Å². The van der Waals surface area contributed by atoms with Crippen molar-refractivity contribution in [3.63, 3.8) is 0 Å². The number of carbonyl (C=O) groups is 19. The monoisotopic (exact) mass is 1800 g/mol. The fourth-order valence-electron chi connectivity index (χ4n) is 13.0. The Morgan fingerprint density at radius 1 is 0.500 bits per heavy atom. The number of benzene rings is 2. The van der Waals surface area contributed by atoms with E-state index in [9.17, 15) is 106 Å². The molecule has 128 heavy (non-hydrogen) atoms. The summed E-state index contributed by atoms with van der Waals surface area (Å²) in [6.45, 7) is 4.49. The van der Waals surface area contributed by atoms with E-state index in [0.717, 1.165) is 13.8 Å². The summed E-state index contributed by atoms with van der Waals surface area (Å²) in [7, 11) is 0. The first-order valence-corrected chi connectivity index (χ1v) is 41.9. The molecule has 0 saturated carbocycles. The molecule has 15 atom stereocenters. The normalized spacial score (nSPS) is 15.4. The number of likely N-dealkylation sites (tertiary alicyclic amines) is 1. The van der Waals surface area contributed by atoms with Gasteiger partial charge in [-0.3, -0.25) is 96.5 Å². The van der Waals surface area contributed by atoms with Crippen LogP contribution in [0.1, 0.15) is 141 Å². The van der Waals surface area contributed by atoms with Crippen molar-refractivity contribution >= 4 is 118 Å². The van der Waals surface area contributed by atoms with Crippen molar-refractivity contribution in [2.75, 3.05) is 52.4 Å². The van der Waals surface area contributed by atoms with Crippen LogP contribution in [0, 0.1) is 11.3 Å². The van der Waals surface area contributed by atoms with Gasteiger partial charge in [0.2, 0.25) is 106 Å². The molecule has 1 aliphatic heterocycles. The van der Waals surface area contributed by atoms with E-state index >= 15 is 0 Å². The number of carboxylic acids is 1. The van der Waals surface area contributed by atoms with E-state index in [1.54, 1.807) is 37.3 Å². The zero-order valence-corrected chi connectivity index (χ0v) is 72.1. The van der Waals surface area contributed by atoms with E-state index in [-0.39, 0.29) is 88.9 Å². The number of rotatable bonds is 58. The minimum atomic E-state index is -1.99. The number of unbranched alkanes of at least 4 members (excludes halogenated alkanes) is 2. The van der Waals surface area contributed by atoms with Crippen LogP contribution >= 0.6 is 0 Å². The second kappa shape index (κ2) is 55.8. The Morgan fingerprint density at radius 2 is 0.992 bits per heavy atom. The number of hydrogen-bond acceptors (Lipinski definition) is 26. The van der Waals surface area contributed by atoms with Gasteiger partial charge in [-0.25, -0.2) is 4.98 Å². The third kappa shape index (κ3) is 38.9. The molecule has 18 amide bonds. The number of nitrogens with one attached hydrogen (secondary N) is 18. The fraction of sp³-hybridized carbons (Fsp3) is 0.562. The number of aromatic amines is 1. The van der Waals surface area contributed by atoms with Gasteiger partial charge < -0.3 is 145 Å². The zero-order chi connectivity index (χ0) is 95.3. The molecule has 0 spiro atoms. The quantitative estimate of drug-likeness (QED) is 0.0142. The highest BCUT2D eigenvalue weighted by atomic mass is 16.4. The van der Waals surface area contributed by atoms with Gasteiger partial charge in [0.1, 0.15) is 84.8 Å². The number of carbonyl (C=O) groups excluding carboxylic acids is 18. The second-order valence-corrected chi connectivity index (χ2v) is 30.8. The average molecular weight is 1800 g/mol. The maximum atomic E-state index is 14.5. The summed E-state index contributed by atoms with van der Waals surface area (Å²) in [6.07, 6.45) is 0.338. The van der Waals surface area contributed by atoms with Crippen molar-refractivity contribution < 1.29 is 106 Å². The molecular weight excluding hydrogens is 1680 g/mol. The maximum Gasteiger partial charge on any atom is 0.322 e. The predicted octanol–water partition coefficient (Wildman–Crippen LogP) is -9.53. The standard InChI is InChI=1S/C80H124N26O22/c1-6-42(2)65(105-67(116)43(3)83)77(126)103-57(34-48-36-88-41-94-48)79(128)106-31-15-21-58(106)76(125)92-39-62(112)96-50(20-14-30-89-80(86)87)69(118)91-37-61(111)90-38-63(113)104-66(45(5)107)78(127)95-44(4)68(117)100-54(33-47-22-24-49(108)25-23-47)74(123)102-56(35-60(85)110)75(124)99-53(26-27-59(84)109)72(121)98-52(19-11-13-29-82)71(120)101-55(32-46-16-8-7-9-17-46)73(122)97-51(18-10-12-28-81)70(119)93-40-64(114)115/h7-9,16-17,22-25,36,41-45,50-58,65-66,107-108H,6,10-15,18-21,26-35,37-40,81-83H2,1-5H3,(H2,84,109)(H2,85,110)(H,88,94)(H,90,111)(H,91,118)(H,92,125)(H,93,119)(H,95,127)(H,96,112)(H,97,122)(H,98,121)(H,99,124)(H,100,117)(H,101,120)(H,102,123)(H,103,126)(H,104,113)(H,105,116)(H,114,115)(H4,86,87,89)/t42-,43-,44-,45+,50-,51-,52-,53-,54-,55-,56-,57-,58-,65-,66-/m0/s1. The third-order valence-electron chi connectivity index (χ3n) is 20.3. The van der Waals surface area contributed by atoms with E-state index in [1.807, 2.05) is 6.92 Å². The number of carboxylic acid groups (broad SMARTS) is 1. The van der Waals surface area contributed by atoms with Crippen LogP contribution in [0.4, 0.5) is 0 Å². The summed E-state index contributed by atoms with van der Waals surface area (Å²) in [5, 5.41) is 76.6. The Kier molecular flexibility index (Phi) is 46.5. The number of imidazole rings is 1. The molecule has 1 aromatic heterocycles. The number of phenols is 1. The molecule has 48 heteroatoms. The lowest BCUT2D eigenvalue weighted by Gasteiger charge is -2.31. The maximum absolute atomic E-state index is 14.5. The van der Waals surface area contributed by atoms with Crippen LogP contribution in [0.2, 0.25) is 0 Å². The van der Waals surface area contributed by atoms with Gasteiger partial charge in [-0.15, -0.1) is 0 Å². The highest BCUT2D eigenvalue weighted by molar-refractivity contribution is 6.01. The van der Waals surface area contributed by atoms with Crippen LogP contribution < -0.4 is 119 Å². The number of primary amides is 2. The van der Waals surface area contributed by atoms with Crippen molar-refractivity contribution in [3.05, 3.63) is 83.9 Å². The van der Waals surface area contributed by atoms with Crippen LogP contribution in [0.25, 0.3) is 0 Å². The molecule has 2 aromatic carbocycles. The molecule has 1 fully saturated rings. The molecular formula is C80H124N26O22. The van der Waals surface area contributed by atoms with Crippen LogP contribution in [0.5, 0.6) is 5.75 Å². The summed E-state index contributed by atoms with van der Waals surface area (Å²) >= 11 is 0. The van der Waals surface area contributed by atoms with Crippen LogP contribution in [0.15, 0.2) is 67.1 Å². The molecule has 2 heterocycles. The molecule has 1 saturated heterocycles. The summed E-state index contributed by atoms with van der Waals surface area (Å²) in [5.74, 6) is -19.8. The Morgan fingerprint density at radius 3 is 1.53 bits per heavy atom. The molecule has 1 aliphatic rings. The van der Waals surface area contributed by atoms with E-state index < -0.39 is 261 Å². The largest absolute Gasteiger partial charge is 0.508 e. The number of aliphatic hydroxyl groups is 1. The third-order valence-corrected chi connectivity index (χ3v) is 20.3. The van der Waals surface area contributed by atoms with Crippen molar-refractivity contribution in [3.8, 4) is 5.75 Å². The van der Waals surface area contributed by atoms with Crippen molar-refractivity contribution in [2.45, 2.75) is 228 Å². The predicted molar refractivity (Wildman–Crippen MR) is 458 cm³/mol. The van der Waals surface area contributed by atoms with Gasteiger partial charge in [0, 0.05) is 50.7 Å². The lowest BCUT2D eigenvalue weighted by atomic mass is 9.97. The summed E-state index contributed by atoms with van der Waals surface area (Å²) in [6, 6.07) is -5.67. The SMILES string of the molecule is CC[C@H](C)[C@H](NC(=O)[C@H](C)N)C(=O)N[C@@H](Cc1cnc[nH]1)C(=O)N1CCC[C@H]1C(=O)NCC(=O)N[C@@H](CCCNC(=N)N)C(=O)NCC(=O)NCC(=O)N[C@H](C(=O)N[C@@H](C)C(=O)N[C@@H](Cc1ccc(O)cc1)C(=O)N[C@@H](CC(N)=O)C(=O)N[C@@H](CCC(N)=O)C(=O)N[C@@H](CCCCN)C(=O)N[C@@H](Cc1ccccc1)C(=O)N[C@@H](CCCCN)C(=O)NCC(=O)O)[C@@H](C)O. The highest BCUT2D eigenvalue weighted by Gasteiger charge is 2.41. The number of amides is 18. The van der Waals surface area contributed by atoms with Crippen molar-refractivity contribution in [2.24, 2.45) is 40.3 Å². The van der Waals surface area contributed by atoms with Crippen LogP contribution in [-0.4, -0.2) is 285 Å². The number of aromatic hydroxyl groups is 1. The number of aromatic nitrogens is 2. The number of H-pyrrole nitrogens is 1. The molecule has 0 bridgehead atoms. The highest BCUT2D eigenvalue weighted by Crippen LogP contribution is 2.21. The molecule has 33 N–H and O–H groups in total. The number of aliphatic hydroxyl groups excluding tert-OH is 1. The molecule has 48 nitrogen and oxygen atoms in total. The van der Waals surface area contributed by atoms with Gasteiger partial charge in [0.25, 0.3) is 0 Å². The first-order valence-electron chi connectivity index (χ1n) is 41.9.